The first-order valence-corrected chi connectivity index (χ1v) is 7.83. The Morgan fingerprint density at radius 2 is 2.00 bits per heavy atom. The van der Waals surface area contributed by atoms with Gasteiger partial charge in [0, 0.05) is 12.1 Å². The molecule has 122 valence electrons. The number of thiophene rings is 1. The Morgan fingerprint density at radius 1 is 1.26 bits per heavy atom. The van der Waals surface area contributed by atoms with Crippen molar-refractivity contribution < 1.29 is 24.5 Å². The molecule has 2 unspecified atom stereocenters. The largest absolute Gasteiger partial charge is 0.445 e. The van der Waals surface area contributed by atoms with Crippen LogP contribution in [-0.2, 0) is 11.3 Å². The van der Waals surface area contributed by atoms with E-state index in [2.05, 4.69) is 5.32 Å². The summed E-state index contributed by atoms with van der Waals surface area (Å²) in [4.78, 5) is 22.8. The summed E-state index contributed by atoms with van der Waals surface area (Å²) in [5.41, 5.74) is 1.19. The van der Waals surface area contributed by atoms with Crippen LogP contribution in [0.25, 0.3) is 0 Å². The van der Waals surface area contributed by atoms with Gasteiger partial charge >= 0.3 is 6.09 Å². The number of carbonyl (C=O) groups excluding carboxylic acids is 2. The lowest BCUT2D eigenvalue weighted by molar-refractivity contribution is 0.0183. The van der Waals surface area contributed by atoms with Crippen LogP contribution in [0.1, 0.15) is 26.9 Å². The average Bonchev–Trinajstić information content (AvgIpc) is 3.06. The van der Waals surface area contributed by atoms with E-state index in [1.165, 1.54) is 11.3 Å². The van der Waals surface area contributed by atoms with E-state index in [9.17, 15) is 19.8 Å². The van der Waals surface area contributed by atoms with E-state index in [0.29, 0.717) is 16.7 Å². The summed E-state index contributed by atoms with van der Waals surface area (Å²) in [5.74, 6) is 0. The highest BCUT2D eigenvalue weighted by Crippen LogP contribution is 2.24. The number of rotatable bonds is 7. The minimum atomic E-state index is -1.25. The number of nitrogens with one attached hydrogen (secondary N) is 1. The number of benzene rings is 1. The molecule has 1 aromatic carbocycles. The molecule has 0 saturated heterocycles. The smallest absolute Gasteiger partial charge is 0.407 e. The number of hydrogen-bond acceptors (Lipinski definition) is 6. The van der Waals surface area contributed by atoms with Crippen molar-refractivity contribution in [2.45, 2.75) is 18.8 Å². The Labute approximate surface area is 137 Å². The number of amides is 1. The van der Waals surface area contributed by atoms with E-state index >= 15 is 0 Å². The molecule has 1 aromatic heterocycles. The van der Waals surface area contributed by atoms with Crippen LogP contribution in [0.15, 0.2) is 41.8 Å². The zero-order valence-electron chi connectivity index (χ0n) is 12.2. The highest BCUT2D eigenvalue weighted by atomic mass is 32.1. The summed E-state index contributed by atoms with van der Waals surface area (Å²) in [5, 5.41) is 24.0. The molecule has 0 saturated carbocycles. The van der Waals surface area contributed by atoms with Crippen molar-refractivity contribution >= 4 is 23.7 Å². The lowest BCUT2D eigenvalue weighted by atomic mass is 10.1. The molecule has 7 heteroatoms. The molecule has 2 atom stereocenters. The lowest BCUT2D eigenvalue weighted by Crippen LogP contribution is -2.35. The molecular weight excluding hydrogens is 318 g/mol. The van der Waals surface area contributed by atoms with Crippen molar-refractivity contribution in [1.29, 1.82) is 0 Å². The number of alkyl carbamates (subject to hydrolysis) is 1. The Hall–Kier alpha value is -2.22. The summed E-state index contributed by atoms with van der Waals surface area (Å²) in [7, 11) is 0. The second-order valence-corrected chi connectivity index (χ2v) is 5.76. The Morgan fingerprint density at radius 3 is 2.70 bits per heavy atom. The van der Waals surface area contributed by atoms with Crippen molar-refractivity contribution in [3.63, 3.8) is 0 Å². The van der Waals surface area contributed by atoms with Crippen LogP contribution in [0.4, 0.5) is 4.79 Å². The summed E-state index contributed by atoms with van der Waals surface area (Å²) in [6.45, 7) is -0.0753. The molecule has 0 spiro atoms. The predicted octanol–water partition coefficient (Wildman–Crippen LogP) is 1.88. The molecule has 0 aliphatic carbocycles. The van der Waals surface area contributed by atoms with Crippen molar-refractivity contribution in [2.24, 2.45) is 0 Å². The van der Waals surface area contributed by atoms with Gasteiger partial charge in [0.2, 0.25) is 0 Å². The van der Waals surface area contributed by atoms with E-state index in [4.69, 9.17) is 4.74 Å². The topological polar surface area (TPSA) is 95.9 Å². The van der Waals surface area contributed by atoms with Crippen LogP contribution in [0.5, 0.6) is 0 Å². The van der Waals surface area contributed by atoms with Gasteiger partial charge in [-0.2, -0.15) is 0 Å². The van der Waals surface area contributed by atoms with Gasteiger partial charge in [-0.25, -0.2) is 4.79 Å². The van der Waals surface area contributed by atoms with Gasteiger partial charge in [0.1, 0.15) is 18.8 Å². The zero-order valence-corrected chi connectivity index (χ0v) is 13.0. The van der Waals surface area contributed by atoms with Crippen molar-refractivity contribution in [3.8, 4) is 0 Å². The van der Waals surface area contributed by atoms with Crippen LogP contribution < -0.4 is 5.32 Å². The van der Waals surface area contributed by atoms with E-state index in [1.807, 2.05) is 30.3 Å². The molecule has 0 fully saturated rings. The normalized spacial score (nSPS) is 13.1. The van der Waals surface area contributed by atoms with Gasteiger partial charge < -0.3 is 20.3 Å². The molecule has 0 bridgehead atoms. The van der Waals surface area contributed by atoms with Gasteiger partial charge in [-0.1, -0.05) is 30.3 Å². The number of aliphatic hydroxyl groups excluding tert-OH is 2. The second-order valence-electron chi connectivity index (χ2n) is 4.81. The molecule has 3 N–H and O–H groups in total. The van der Waals surface area contributed by atoms with E-state index < -0.39 is 18.3 Å². The molecule has 6 nitrogen and oxygen atoms in total. The van der Waals surface area contributed by atoms with E-state index in [1.54, 1.807) is 11.4 Å². The first-order valence-electron chi connectivity index (χ1n) is 6.95. The molecule has 23 heavy (non-hydrogen) atoms. The number of aliphatic hydroxyl groups is 2. The Kier molecular flexibility index (Phi) is 6.28. The van der Waals surface area contributed by atoms with Crippen LogP contribution in [0.2, 0.25) is 0 Å². The van der Waals surface area contributed by atoms with Crippen molar-refractivity contribution in [3.05, 3.63) is 57.8 Å². The van der Waals surface area contributed by atoms with E-state index in [0.717, 1.165) is 5.56 Å². The number of ether oxygens (including phenoxy) is 1. The predicted molar refractivity (Wildman–Crippen MR) is 85.3 cm³/mol. The summed E-state index contributed by atoms with van der Waals surface area (Å²) in [6.07, 6.45) is -2.57. The molecule has 1 heterocycles. The summed E-state index contributed by atoms with van der Waals surface area (Å²) < 4.78 is 5.00. The first kappa shape index (κ1) is 17.1. The second kappa shape index (κ2) is 8.42. The van der Waals surface area contributed by atoms with Gasteiger partial charge in [-0.3, -0.25) is 4.79 Å². The quantitative estimate of drug-likeness (QED) is 0.672. The zero-order chi connectivity index (χ0) is 16.7. The maximum absolute atomic E-state index is 11.6. The average molecular weight is 335 g/mol. The highest BCUT2D eigenvalue weighted by molar-refractivity contribution is 7.11. The maximum atomic E-state index is 11.6. The van der Waals surface area contributed by atoms with Crippen molar-refractivity contribution in [1.82, 2.24) is 5.32 Å². The number of aldehydes is 1. The van der Waals surface area contributed by atoms with Crippen LogP contribution in [-0.4, -0.2) is 35.2 Å². The molecule has 2 aromatic rings. The van der Waals surface area contributed by atoms with Gasteiger partial charge in [-0.15, -0.1) is 11.3 Å². The van der Waals surface area contributed by atoms with Gasteiger partial charge in [-0.05, 0) is 17.0 Å². The van der Waals surface area contributed by atoms with Gasteiger partial charge in [0.15, 0.2) is 6.29 Å². The monoisotopic (exact) mass is 335 g/mol. The maximum Gasteiger partial charge on any atom is 0.407 e. The first-order chi connectivity index (χ1) is 11.1. The molecule has 0 aliphatic heterocycles. The summed E-state index contributed by atoms with van der Waals surface area (Å²) >= 11 is 1.17. The minimum absolute atomic E-state index is 0.116. The van der Waals surface area contributed by atoms with Gasteiger partial charge in [0.25, 0.3) is 0 Å². The van der Waals surface area contributed by atoms with Crippen LogP contribution >= 0.6 is 11.3 Å². The third-order valence-corrected chi connectivity index (χ3v) is 4.04. The Balaban J connectivity index is 1.78. The highest BCUT2D eigenvalue weighted by Gasteiger charge is 2.22. The molecule has 1 amide bonds. The Bertz CT molecular complexity index is 643. The molecule has 0 radical (unpaired) electrons. The number of hydrogen-bond donors (Lipinski definition) is 3. The molecule has 0 aliphatic rings. The SMILES string of the molecule is O=Cc1sccc1C(O)C(O)CNC(=O)OCc1ccccc1. The third-order valence-electron chi connectivity index (χ3n) is 3.19. The fourth-order valence-corrected chi connectivity index (χ4v) is 2.69. The van der Waals surface area contributed by atoms with Crippen LogP contribution in [0, 0.1) is 0 Å². The lowest BCUT2D eigenvalue weighted by Gasteiger charge is -2.18. The van der Waals surface area contributed by atoms with E-state index in [-0.39, 0.29) is 13.2 Å². The fraction of sp³-hybridized carbons (Fsp3) is 0.250. The minimum Gasteiger partial charge on any atom is -0.445 e. The summed E-state index contributed by atoms with van der Waals surface area (Å²) in [6, 6.07) is 10.7. The van der Waals surface area contributed by atoms with Gasteiger partial charge in [0.05, 0.1) is 4.88 Å². The van der Waals surface area contributed by atoms with Crippen LogP contribution in [0.3, 0.4) is 0 Å². The standard InChI is InChI=1S/C16H17NO5S/c18-9-14-12(6-7-23-14)15(20)13(19)8-17-16(21)22-10-11-4-2-1-3-5-11/h1-7,9,13,15,19-20H,8,10H2,(H,17,21). The molecule has 2 rings (SSSR count). The third kappa shape index (κ3) is 4.88. The van der Waals surface area contributed by atoms with Crippen molar-refractivity contribution in [2.75, 3.05) is 6.54 Å². The fourth-order valence-electron chi connectivity index (χ4n) is 1.95. The number of carbonyl (C=O) groups is 2. The molecular formula is C16H17NO5S.